The molecule has 2 aliphatic rings. The molecule has 2 heterocycles. The summed E-state index contributed by atoms with van der Waals surface area (Å²) in [5, 5.41) is 9.01. The molecule has 0 atom stereocenters. The first-order valence-corrected chi connectivity index (χ1v) is 8.08. The fourth-order valence-corrected chi connectivity index (χ4v) is 3.06. The Bertz CT molecular complexity index is 594. The summed E-state index contributed by atoms with van der Waals surface area (Å²) in [5.41, 5.74) is 0.616. The number of pyridine rings is 1. The second-order valence-electron chi connectivity index (χ2n) is 5.55. The number of halogens is 1. The van der Waals surface area contributed by atoms with Gasteiger partial charge in [0.25, 0.3) is 5.91 Å². The van der Waals surface area contributed by atoms with Gasteiger partial charge in [-0.15, -0.1) is 0 Å². The zero-order valence-electron chi connectivity index (χ0n) is 11.8. The minimum Gasteiger partial charge on any atom is -0.336 e. The van der Waals surface area contributed by atoms with Crippen molar-refractivity contribution < 1.29 is 4.79 Å². The largest absolute Gasteiger partial charge is 0.336 e. The minimum atomic E-state index is -0.0725. The van der Waals surface area contributed by atoms with Crippen molar-refractivity contribution in [3.63, 3.8) is 0 Å². The van der Waals surface area contributed by atoms with Crippen LogP contribution < -0.4 is 0 Å². The molecule has 2 fully saturated rings. The van der Waals surface area contributed by atoms with Gasteiger partial charge in [-0.25, -0.2) is 4.98 Å². The number of carbonyl (C=O) groups excluding carboxylic acids is 1. The Morgan fingerprint density at radius 1 is 1.29 bits per heavy atom. The van der Waals surface area contributed by atoms with Crippen molar-refractivity contribution in [2.75, 3.05) is 26.2 Å². The zero-order chi connectivity index (χ0) is 14.8. The van der Waals surface area contributed by atoms with E-state index in [0.29, 0.717) is 10.2 Å². The monoisotopic (exact) mass is 348 g/mol. The first kappa shape index (κ1) is 14.5. The maximum absolute atomic E-state index is 12.5. The highest BCUT2D eigenvalue weighted by molar-refractivity contribution is 9.10. The van der Waals surface area contributed by atoms with E-state index in [0.717, 1.165) is 38.6 Å². The summed E-state index contributed by atoms with van der Waals surface area (Å²) in [4.78, 5) is 21.0. The second-order valence-corrected chi connectivity index (χ2v) is 6.41. The van der Waals surface area contributed by atoms with E-state index in [2.05, 4.69) is 25.8 Å². The molecule has 1 aliphatic heterocycles. The minimum absolute atomic E-state index is 0.0725. The van der Waals surface area contributed by atoms with Gasteiger partial charge in [-0.3, -0.25) is 9.69 Å². The highest BCUT2D eigenvalue weighted by atomic mass is 79.9. The van der Waals surface area contributed by atoms with Crippen LogP contribution in [0.25, 0.3) is 0 Å². The van der Waals surface area contributed by atoms with E-state index in [9.17, 15) is 4.79 Å². The number of amides is 1. The normalized spacial score (nSPS) is 19.9. The van der Waals surface area contributed by atoms with Crippen molar-refractivity contribution >= 4 is 21.8 Å². The Kier molecular flexibility index (Phi) is 4.22. The molecule has 0 N–H and O–H groups in total. The molecule has 6 heteroatoms. The summed E-state index contributed by atoms with van der Waals surface area (Å²) in [6.45, 7) is 3.53. The fraction of sp³-hybridized carbons (Fsp3) is 0.533. The Morgan fingerprint density at radius 3 is 2.81 bits per heavy atom. The zero-order valence-corrected chi connectivity index (χ0v) is 13.3. The molecular formula is C15H17BrN4O. The topological polar surface area (TPSA) is 60.2 Å². The van der Waals surface area contributed by atoms with Gasteiger partial charge in [-0.05, 0) is 47.3 Å². The van der Waals surface area contributed by atoms with Crippen molar-refractivity contribution in [3.05, 3.63) is 28.0 Å². The van der Waals surface area contributed by atoms with Gasteiger partial charge in [0.15, 0.2) is 5.69 Å². The van der Waals surface area contributed by atoms with E-state index >= 15 is 0 Å². The predicted molar refractivity (Wildman–Crippen MR) is 81.8 cm³/mol. The number of aromatic nitrogens is 1. The molecule has 5 nitrogen and oxygen atoms in total. The van der Waals surface area contributed by atoms with Gasteiger partial charge in [-0.2, -0.15) is 5.26 Å². The van der Waals surface area contributed by atoms with Crippen molar-refractivity contribution in [3.8, 4) is 6.07 Å². The van der Waals surface area contributed by atoms with Crippen LogP contribution in [0.3, 0.4) is 0 Å². The van der Waals surface area contributed by atoms with Gasteiger partial charge in [0.05, 0.1) is 4.47 Å². The average molecular weight is 349 g/mol. The summed E-state index contributed by atoms with van der Waals surface area (Å²) < 4.78 is 0.623. The van der Waals surface area contributed by atoms with Gasteiger partial charge >= 0.3 is 0 Å². The summed E-state index contributed by atoms with van der Waals surface area (Å²) >= 11 is 3.26. The van der Waals surface area contributed by atoms with Crippen LogP contribution in [0.5, 0.6) is 0 Å². The number of hydrogen-bond acceptors (Lipinski definition) is 4. The van der Waals surface area contributed by atoms with Crippen LogP contribution in [0.2, 0.25) is 0 Å². The standard InChI is InChI=1S/C15H17BrN4O/c16-12-4-5-13(18-14(12)10-17)15(21)20-7-1-6-19(8-9-20)11-2-3-11/h4-5,11H,1-3,6-9H2. The van der Waals surface area contributed by atoms with Gasteiger partial charge in [0, 0.05) is 32.2 Å². The molecule has 0 aromatic carbocycles. The van der Waals surface area contributed by atoms with Crippen LogP contribution in [-0.2, 0) is 0 Å². The molecule has 1 saturated heterocycles. The Balaban J connectivity index is 1.71. The van der Waals surface area contributed by atoms with Crippen LogP contribution in [0.1, 0.15) is 35.4 Å². The maximum atomic E-state index is 12.5. The van der Waals surface area contributed by atoms with E-state index in [1.165, 1.54) is 12.8 Å². The van der Waals surface area contributed by atoms with Crippen LogP contribution in [0.15, 0.2) is 16.6 Å². The Hall–Kier alpha value is -1.45. The van der Waals surface area contributed by atoms with Gasteiger partial charge < -0.3 is 4.90 Å². The smallest absolute Gasteiger partial charge is 0.272 e. The van der Waals surface area contributed by atoms with Crippen molar-refractivity contribution in [1.82, 2.24) is 14.8 Å². The lowest BCUT2D eigenvalue weighted by Gasteiger charge is -2.21. The van der Waals surface area contributed by atoms with E-state index < -0.39 is 0 Å². The molecule has 0 unspecified atom stereocenters. The van der Waals surface area contributed by atoms with Crippen molar-refractivity contribution in [2.24, 2.45) is 0 Å². The van der Waals surface area contributed by atoms with Crippen LogP contribution in [0, 0.1) is 11.3 Å². The lowest BCUT2D eigenvalue weighted by Crippen LogP contribution is -2.36. The van der Waals surface area contributed by atoms with Crippen LogP contribution in [0.4, 0.5) is 0 Å². The maximum Gasteiger partial charge on any atom is 0.272 e. The fourth-order valence-electron chi connectivity index (χ4n) is 2.75. The number of nitriles is 1. The lowest BCUT2D eigenvalue weighted by molar-refractivity contribution is 0.0755. The summed E-state index contributed by atoms with van der Waals surface area (Å²) in [6.07, 6.45) is 3.60. The van der Waals surface area contributed by atoms with E-state index in [4.69, 9.17) is 5.26 Å². The number of carbonyl (C=O) groups is 1. The third-order valence-corrected chi connectivity index (χ3v) is 4.69. The molecule has 0 bridgehead atoms. The summed E-state index contributed by atoms with van der Waals surface area (Å²) in [5.74, 6) is -0.0725. The van der Waals surface area contributed by atoms with Gasteiger partial charge in [-0.1, -0.05) is 0 Å². The summed E-state index contributed by atoms with van der Waals surface area (Å²) in [6, 6.07) is 6.14. The van der Waals surface area contributed by atoms with Crippen molar-refractivity contribution in [1.29, 1.82) is 5.26 Å². The highest BCUT2D eigenvalue weighted by Crippen LogP contribution is 2.27. The molecule has 1 aliphatic carbocycles. The molecule has 1 amide bonds. The van der Waals surface area contributed by atoms with Crippen LogP contribution >= 0.6 is 15.9 Å². The lowest BCUT2D eigenvalue weighted by atomic mass is 10.2. The molecule has 1 aromatic heterocycles. The van der Waals surface area contributed by atoms with Gasteiger partial charge in [0.2, 0.25) is 0 Å². The van der Waals surface area contributed by atoms with E-state index in [1.54, 1.807) is 12.1 Å². The third-order valence-electron chi connectivity index (χ3n) is 4.05. The molecule has 3 rings (SSSR count). The number of hydrogen-bond donors (Lipinski definition) is 0. The molecule has 1 saturated carbocycles. The molecule has 0 radical (unpaired) electrons. The Labute approximate surface area is 132 Å². The van der Waals surface area contributed by atoms with E-state index in [-0.39, 0.29) is 11.6 Å². The first-order chi connectivity index (χ1) is 10.2. The third kappa shape index (κ3) is 3.25. The first-order valence-electron chi connectivity index (χ1n) is 7.29. The van der Waals surface area contributed by atoms with E-state index in [1.807, 2.05) is 11.0 Å². The van der Waals surface area contributed by atoms with Gasteiger partial charge in [0.1, 0.15) is 11.8 Å². The average Bonchev–Trinajstić information content (AvgIpc) is 3.33. The number of nitrogens with zero attached hydrogens (tertiary/aromatic N) is 4. The van der Waals surface area contributed by atoms with Crippen molar-refractivity contribution in [2.45, 2.75) is 25.3 Å². The summed E-state index contributed by atoms with van der Waals surface area (Å²) in [7, 11) is 0. The van der Waals surface area contributed by atoms with Crippen LogP contribution in [-0.4, -0.2) is 52.9 Å². The predicted octanol–water partition coefficient (Wildman–Crippen LogP) is 2.03. The quantitative estimate of drug-likeness (QED) is 0.820. The molecule has 110 valence electrons. The molecule has 1 aromatic rings. The Morgan fingerprint density at radius 2 is 2.10 bits per heavy atom. The SMILES string of the molecule is N#Cc1nc(C(=O)N2CCCN(C3CC3)CC2)ccc1Br. The highest BCUT2D eigenvalue weighted by Gasteiger charge is 2.31. The molecular weight excluding hydrogens is 332 g/mol. The number of rotatable bonds is 2. The molecule has 0 spiro atoms. The second kappa shape index (κ2) is 6.12. The molecule has 21 heavy (non-hydrogen) atoms.